The van der Waals surface area contributed by atoms with Crippen molar-refractivity contribution in [3.05, 3.63) is 100 Å². The fourth-order valence-electron chi connectivity index (χ4n) is 3.25. The Morgan fingerprint density at radius 1 is 1.10 bits per heavy atom. The van der Waals surface area contributed by atoms with E-state index in [9.17, 15) is 4.79 Å². The van der Waals surface area contributed by atoms with Gasteiger partial charge in [0.05, 0.1) is 6.54 Å². The lowest BCUT2D eigenvalue weighted by atomic mass is 10.1. The van der Waals surface area contributed by atoms with Gasteiger partial charge in [-0.3, -0.25) is 9.48 Å². The molecule has 1 amide bonds. The molecule has 2 heterocycles. The van der Waals surface area contributed by atoms with E-state index in [4.69, 9.17) is 20.8 Å². The average Bonchev–Trinajstić information content (AvgIpc) is 3.33. The second-order valence-electron chi connectivity index (χ2n) is 7.34. The van der Waals surface area contributed by atoms with Crippen molar-refractivity contribution in [2.45, 2.75) is 27.0 Å². The van der Waals surface area contributed by atoms with Crippen LogP contribution in [0.25, 0.3) is 0 Å². The summed E-state index contributed by atoms with van der Waals surface area (Å²) < 4.78 is 13.1. The van der Waals surface area contributed by atoms with Crippen molar-refractivity contribution in [3.8, 4) is 5.75 Å². The SMILES string of the molecule is Cc1cc(C)cc(OCc2ccc(C(=O)Nc3nn(Cc4ccccc4)cc3Cl)o2)c1. The minimum absolute atomic E-state index is 0.160. The number of hydrogen-bond donors (Lipinski definition) is 1. The molecule has 0 fully saturated rings. The summed E-state index contributed by atoms with van der Waals surface area (Å²) in [6, 6.07) is 19.2. The van der Waals surface area contributed by atoms with Gasteiger partial charge in [0.15, 0.2) is 11.6 Å². The molecule has 2 aromatic heterocycles. The van der Waals surface area contributed by atoms with Crippen LogP contribution >= 0.6 is 11.6 Å². The predicted octanol–water partition coefficient (Wildman–Crippen LogP) is 5.63. The maximum absolute atomic E-state index is 12.6. The topological polar surface area (TPSA) is 69.3 Å². The molecule has 0 radical (unpaired) electrons. The molecule has 7 heteroatoms. The number of aryl methyl sites for hydroxylation is 2. The molecule has 0 unspecified atom stereocenters. The first-order valence-electron chi connectivity index (χ1n) is 9.84. The van der Waals surface area contributed by atoms with E-state index in [1.165, 1.54) is 0 Å². The molecule has 0 aliphatic carbocycles. The molecule has 158 valence electrons. The lowest BCUT2D eigenvalue weighted by Crippen LogP contribution is -2.12. The Morgan fingerprint density at radius 3 is 2.58 bits per heavy atom. The molecular weight excluding hydrogens is 414 g/mol. The second-order valence-corrected chi connectivity index (χ2v) is 7.75. The van der Waals surface area contributed by atoms with E-state index in [0.29, 0.717) is 17.3 Å². The van der Waals surface area contributed by atoms with E-state index in [-0.39, 0.29) is 18.2 Å². The zero-order valence-corrected chi connectivity index (χ0v) is 18.0. The minimum atomic E-state index is -0.426. The van der Waals surface area contributed by atoms with Crippen LogP contribution in [0.1, 0.15) is 33.0 Å². The van der Waals surface area contributed by atoms with Gasteiger partial charge >= 0.3 is 0 Å². The second kappa shape index (κ2) is 9.10. The highest BCUT2D eigenvalue weighted by Gasteiger charge is 2.16. The average molecular weight is 436 g/mol. The number of halogens is 1. The summed E-state index contributed by atoms with van der Waals surface area (Å²) in [5, 5.41) is 7.41. The monoisotopic (exact) mass is 435 g/mol. The number of benzene rings is 2. The standard InChI is InChI=1S/C24H22ClN3O3/c1-16-10-17(2)12-20(11-16)30-15-19-8-9-22(31-19)24(29)26-23-21(25)14-28(27-23)13-18-6-4-3-5-7-18/h3-12,14H,13,15H2,1-2H3,(H,26,27,29). The van der Waals surface area contributed by atoms with E-state index in [1.54, 1.807) is 23.0 Å². The van der Waals surface area contributed by atoms with Crippen molar-refractivity contribution >= 4 is 23.3 Å². The van der Waals surface area contributed by atoms with Crippen molar-refractivity contribution in [2.75, 3.05) is 5.32 Å². The van der Waals surface area contributed by atoms with Crippen LogP contribution in [-0.4, -0.2) is 15.7 Å². The van der Waals surface area contributed by atoms with Gasteiger partial charge in [0.1, 0.15) is 23.1 Å². The molecule has 0 saturated carbocycles. The van der Waals surface area contributed by atoms with Gasteiger partial charge in [-0.05, 0) is 54.8 Å². The third kappa shape index (κ3) is 5.35. The first-order chi connectivity index (χ1) is 15.0. The van der Waals surface area contributed by atoms with E-state index < -0.39 is 5.91 Å². The minimum Gasteiger partial charge on any atom is -0.486 e. The number of rotatable bonds is 7. The Balaban J connectivity index is 1.37. The lowest BCUT2D eigenvalue weighted by Gasteiger charge is -2.06. The van der Waals surface area contributed by atoms with Crippen molar-refractivity contribution in [3.63, 3.8) is 0 Å². The Labute approximate surface area is 185 Å². The molecule has 4 aromatic rings. The van der Waals surface area contributed by atoms with Gasteiger partial charge in [-0.2, -0.15) is 5.10 Å². The Hall–Kier alpha value is -3.51. The molecule has 0 aliphatic heterocycles. The molecular formula is C24H22ClN3O3. The maximum atomic E-state index is 12.6. The number of hydrogen-bond acceptors (Lipinski definition) is 4. The van der Waals surface area contributed by atoms with Gasteiger partial charge in [-0.15, -0.1) is 0 Å². The fourth-order valence-corrected chi connectivity index (χ4v) is 3.45. The van der Waals surface area contributed by atoms with Gasteiger partial charge in [0, 0.05) is 6.20 Å². The predicted molar refractivity (Wildman–Crippen MR) is 120 cm³/mol. The fraction of sp³-hybridized carbons (Fsp3) is 0.167. The normalized spacial score (nSPS) is 10.8. The van der Waals surface area contributed by atoms with Crippen LogP contribution in [0.4, 0.5) is 5.82 Å². The number of aromatic nitrogens is 2. The van der Waals surface area contributed by atoms with Crippen LogP contribution in [-0.2, 0) is 13.2 Å². The zero-order valence-electron chi connectivity index (χ0n) is 17.3. The van der Waals surface area contributed by atoms with Crippen LogP contribution in [0.5, 0.6) is 5.75 Å². The molecule has 0 atom stereocenters. The lowest BCUT2D eigenvalue weighted by molar-refractivity contribution is 0.0992. The molecule has 2 aromatic carbocycles. The van der Waals surface area contributed by atoms with Gasteiger partial charge in [-0.25, -0.2) is 0 Å². The van der Waals surface area contributed by atoms with Crippen LogP contribution in [0.2, 0.25) is 5.02 Å². The molecule has 0 bridgehead atoms. The molecule has 1 N–H and O–H groups in total. The number of nitrogens with zero attached hydrogens (tertiary/aromatic N) is 2. The Kier molecular flexibility index (Phi) is 6.09. The van der Waals surface area contributed by atoms with E-state index in [1.807, 2.05) is 56.3 Å². The van der Waals surface area contributed by atoms with Gasteiger partial charge in [-0.1, -0.05) is 48.0 Å². The molecule has 6 nitrogen and oxygen atoms in total. The zero-order chi connectivity index (χ0) is 21.8. The molecule has 31 heavy (non-hydrogen) atoms. The number of ether oxygens (including phenoxy) is 1. The van der Waals surface area contributed by atoms with Crippen LogP contribution in [0, 0.1) is 13.8 Å². The third-order valence-corrected chi connectivity index (χ3v) is 4.87. The summed E-state index contributed by atoms with van der Waals surface area (Å²) >= 11 is 6.24. The molecule has 4 rings (SSSR count). The van der Waals surface area contributed by atoms with Crippen molar-refractivity contribution in [1.29, 1.82) is 0 Å². The van der Waals surface area contributed by atoms with Crippen molar-refractivity contribution in [1.82, 2.24) is 9.78 Å². The van der Waals surface area contributed by atoms with Gasteiger partial charge < -0.3 is 14.5 Å². The first kappa shape index (κ1) is 20.8. The van der Waals surface area contributed by atoms with Crippen molar-refractivity contribution < 1.29 is 13.9 Å². The number of nitrogens with one attached hydrogen (secondary N) is 1. The largest absolute Gasteiger partial charge is 0.486 e. The summed E-state index contributed by atoms with van der Waals surface area (Å²) in [5.74, 6) is 1.32. The summed E-state index contributed by atoms with van der Waals surface area (Å²) in [6.07, 6.45) is 1.68. The highest BCUT2D eigenvalue weighted by molar-refractivity contribution is 6.33. The number of amides is 1. The van der Waals surface area contributed by atoms with Crippen LogP contribution in [0.15, 0.2) is 71.3 Å². The van der Waals surface area contributed by atoms with Crippen molar-refractivity contribution in [2.24, 2.45) is 0 Å². The number of carbonyl (C=O) groups excluding carboxylic acids is 1. The van der Waals surface area contributed by atoms with E-state index >= 15 is 0 Å². The number of carbonyl (C=O) groups is 1. The summed E-state index contributed by atoms with van der Waals surface area (Å²) in [7, 11) is 0. The van der Waals surface area contributed by atoms with Gasteiger partial charge in [0.2, 0.25) is 0 Å². The number of furan rings is 1. The molecule has 0 aliphatic rings. The highest BCUT2D eigenvalue weighted by atomic mass is 35.5. The van der Waals surface area contributed by atoms with E-state index in [2.05, 4.69) is 16.5 Å². The third-order valence-electron chi connectivity index (χ3n) is 4.60. The molecule has 0 saturated heterocycles. The van der Waals surface area contributed by atoms with Crippen LogP contribution in [0.3, 0.4) is 0 Å². The Bertz CT molecular complexity index is 1180. The Morgan fingerprint density at radius 2 is 1.84 bits per heavy atom. The molecule has 0 spiro atoms. The highest BCUT2D eigenvalue weighted by Crippen LogP contribution is 2.22. The van der Waals surface area contributed by atoms with E-state index in [0.717, 1.165) is 22.4 Å². The smallest absolute Gasteiger partial charge is 0.292 e. The first-order valence-corrected chi connectivity index (χ1v) is 10.2. The van der Waals surface area contributed by atoms with Gasteiger partial charge in [0.25, 0.3) is 5.91 Å². The maximum Gasteiger partial charge on any atom is 0.292 e. The van der Waals surface area contributed by atoms with Crippen LogP contribution < -0.4 is 10.1 Å². The summed E-state index contributed by atoms with van der Waals surface area (Å²) in [4.78, 5) is 12.6. The quantitative estimate of drug-likeness (QED) is 0.408. The number of anilines is 1. The summed E-state index contributed by atoms with van der Waals surface area (Å²) in [6.45, 7) is 4.81. The summed E-state index contributed by atoms with van der Waals surface area (Å²) in [5.41, 5.74) is 3.33.